The van der Waals surface area contributed by atoms with Gasteiger partial charge in [-0.2, -0.15) is 5.10 Å². The summed E-state index contributed by atoms with van der Waals surface area (Å²) in [5.74, 6) is -0.664. The van der Waals surface area contributed by atoms with Crippen molar-refractivity contribution in [1.82, 2.24) is 15.4 Å². The Balaban J connectivity index is 1.95. The van der Waals surface area contributed by atoms with E-state index in [0.717, 1.165) is 22.4 Å². The zero-order valence-corrected chi connectivity index (χ0v) is 14.8. The number of amides is 2. The third kappa shape index (κ3) is 5.20. The van der Waals surface area contributed by atoms with Crippen LogP contribution in [0.3, 0.4) is 0 Å². The molecule has 130 valence electrons. The summed E-state index contributed by atoms with van der Waals surface area (Å²) in [7, 11) is 0. The number of carbonyl (C=O) groups excluding carboxylic acids is 2. The maximum atomic E-state index is 12.2. The second-order valence-electron chi connectivity index (χ2n) is 5.88. The minimum absolute atomic E-state index is 0.0769. The van der Waals surface area contributed by atoms with E-state index < -0.39 is 5.91 Å². The largest absolute Gasteiger partial charge is 0.325 e. The number of aryl methyl sites for hydroxylation is 3. The van der Waals surface area contributed by atoms with Crippen molar-refractivity contribution in [3.63, 3.8) is 0 Å². The lowest BCUT2D eigenvalue weighted by atomic mass is 10.0. The van der Waals surface area contributed by atoms with Gasteiger partial charge in [0.15, 0.2) is 0 Å². The number of carbonyl (C=O) groups is 2. The van der Waals surface area contributed by atoms with Crippen molar-refractivity contribution in [2.75, 3.05) is 5.32 Å². The first-order chi connectivity index (χ1) is 11.9. The Morgan fingerprint density at radius 2 is 1.80 bits per heavy atom. The first-order valence-corrected chi connectivity index (χ1v) is 7.84. The molecule has 0 unspecified atom stereocenters. The summed E-state index contributed by atoms with van der Waals surface area (Å²) in [5.41, 5.74) is 6.99. The van der Waals surface area contributed by atoms with Gasteiger partial charge in [-0.1, -0.05) is 17.7 Å². The van der Waals surface area contributed by atoms with Gasteiger partial charge in [0.25, 0.3) is 5.91 Å². The Hall–Kier alpha value is -3.09. The topological polar surface area (TPSA) is 96.3 Å². The van der Waals surface area contributed by atoms with Crippen molar-refractivity contribution in [3.8, 4) is 0 Å². The maximum Gasteiger partial charge on any atom is 0.291 e. The summed E-state index contributed by atoms with van der Waals surface area (Å²) >= 11 is 0. The Morgan fingerprint density at radius 3 is 2.40 bits per heavy atom. The third-order valence-electron chi connectivity index (χ3n) is 3.50. The molecule has 2 rings (SSSR count). The van der Waals surface area contributed by atoms with Crippen LogP contribution in [0.25, 0.3) is 0 Å². The van der Waals surface area contributed by atoms with Crippen molar-refractivity contribution in [3.05, 3.63) is 53.1 Å². The molecule has 0 spiro atoms. The van der Waals surface area contributed by atoms with Crippen LogP contribution in [-0.4, -0.2) is 27.5 Å². The molecule has 2 amide bonds. The second-order valence-corrected chi connectivity index (χ2v) is 5.88. The first-order valence-electron chi connectivity index (χ1n) is 7.84. The molecule has 25 heavy (non-hydrogen) atoms. The number of hydrazone groups is 1. The van der Waals surface area contributed by atoms with Gasteiger partial charge in [-0.3, -0.25) is 14.6 Å². The van der Waals surface area contributed by atoms with Gasteiger partial charge in [-0.15, -0.1) is 0 Å². The van der Waals surface area contributed by atoms with Gasteiger partial charge in [0.2, 0.25) is 5.91 Å². The fourth-order valence-corrected chi connectivity index (χ4v) is 2.45. The van der Waals surface area contributed by atoms with Crippen molar-refractivity contribution in [2.24, 2.45) is 5.10 Å². The van der Waals surface area contributed by atoms with Gasteiger partial charge in [0.1, 0.15) is 5.69 Å². The summed E-state index contributed by atoms with van der Waals surface area (Å²) in [6, 6.07) is 4.04. The van der Waals surface area contributed by atoms with Crippen molar-refractivity contribution >= 4 is 23.2 Å². The van der Waals surface area contributed by atoms with Gasteiger partial charge in [-0.05, 0) is 38.8 Å². The van der Waals surface area contributed by atoms with Crippen LogP contribution in [0, 0.1) is 20.8 Å². The number of hydrogen-bond acceptors (Lipinski definition) is 5. The lowest BCUT2D eigenvalue weighted by Gasteiger charge is -2.12. The Bertz CT molecular complexity index is 792. The zero-order chi connectivity index (χ0) is 18.4. The fourth-order valence-electron chi connectivity index (χ4n) is 2.45. The van der Waals surface area contributed by atoms with E-state index in [1.807, 2.05) is 32.9 Å². The molecule has 7 heteroatoms. The fraction of sp³-hybridized carbons (Fsp3) is 0.278. The molecule has 2 N–H and O–H groups in total. The highest BCUT2D eigenvalue weighted by atomic mass is 16.2. The standard InChI is InChI=1S/C18H21N5O2/c1-11-7-12(2)17(13(3)8-11)21-16(24)9-14(4)22-23-18(25)15-10-19-5-6-20-15/h5-8,10H,9H2,1-4H3,(H,21,24)(H,23,25)/b22-14-. The molecule has 0 bridgehead atoms. The predicted octanol–water partition coefficient (Wildman–Crippen LogP) is 2.54. The summed E-state index contributed by atoms with van der Waals surface area (Å²) in [5, 5.41) is 6.83. The van der Waals surface area contributed by atoms with E-state index in [2.05, 4.69) is 25.8 Å². The molecule has 0 atom stereocenters. The van der Waals surface area contributed by atoms with Gasteiger partial charge in [0.05, 0.1) is 12.6 Å². The highest BCUT2D eigenvalue weighted by molar-refractivity contribution is 6.06. The van der Waals surface area contributed by atoms with E-state index in [0.29, 0.717) is 5.71 Å². The normalized spacial score (nSPS) is 11.1. The van der Waals surface area contributed by atoms with Crippen LogP contribution in [0.15, 0.2) is 35.8 Å². The molecule has 0 fully saturated rings. The average molecular weight is 339 g/mol. The quantitative estimate of drug-likeness (QED) is 0.646. The van der Waals surface area contributed by atoms with Gasteiger partial charge < -0.3 is 5.32 Å². The van der Waals surface area contributed by atoms with Crippen LogP contribution in [0.5, 0.6) is 0 Å². The maximum absolute atomic E-state index is 12.2. The average Bonchev–Trinajstić information content (AvgIpc) is 2.56. The zero-order valence-electron chi connectivity index (χ0n) is 14.8. The highest BCUT2D eigenvalue weighted by Gasteiger charge is 2.10. The molecule has 0 aliphatic carbocycles. The Kier molecular flexibility index (Phi) is 5.94. The summed E-state index contributed by atoms with van der Waals surface area (Å²) in [6.45, 7) is 7.60. The first kappa shape index (κ1) is 18.3. The van der Waals surface area contributed by atoms with Gasteiger partial charge in [-0.25, -0.2) is 10.4 Å². The molecule has 1 heterocycles. The Morgan fingerprint density at radius 1 is 1.12 bits per heavy atom. The molecular weight excluding hydrogens is 318 g/mol. The molecule has 0 aliphatic heterocycles. The van der Waals surface area contributed by atoms with E-state index in [1.54, 1.807) is 6.92 Å². The van der Waals surface area contributed by atoms with E-state index in [1.165, 1.54) is 18.6 Å². The molecule has 0 saturated heterocycles. The van der Waals surface area contributed by atoms with E-state index in [-0.39, 0.29) is 18.0 Å². The van der Waals surface area contributed by atoms with Crippen LogP contribution in [0.1, 0.15) is 40.5 Å². The number of anilines is 1. The molecule has 2 aromatic rings. The molecule has 0 radical (unpaired) electrons. The van der Waals surface area contributed by atoms with Gasteiger partial charge >= 0.3 is 0 Å². The smallest absolute Gasteiger partial charge is 0.291 e. The molecule has 1 aromatic carbocycles. The van der Waals surface area contributed by atoms with Crippen molar-refractivity contribution in [1.29, 1.82) is 0 Å². The highest BCUT2D eigenvalue weighted by Crippen LogP contribution is 2.22. The predicted molar refractivity (Wildman–Crippen MR) is 96.5 cm³/mol. The van der Waals surface area contributed by atoms with Crippen LogP contribution in [0.2, 0.25) is 0 Å². The summed E-state index contributed by atoms with van der Waals surface area (Å²) < 4.78 is 0. The monoisotopic (exact) mass is 339 g/mol. The number of nitrogens with one attached hydrogen (secondary N) is 2. The van der Waals surface area contributed by atoms with Crippen LogP contribution in [0.4, 0.5) is 5.69 Å². The Labute approximate surface area is 146 Å². The van der Waals surface area contributed by atoms with E-state index in [4.69, 9.17) is 0 Å². The molecule has 7 nitrogen and oxygen atoms in total. The minimum atomic E-state index is -0.474. The van der Waals surface area contributed by atoms with Crippen molar-refractivity contribution < 1.29 is 9.59 Å². The second kappa shape index (κ2) is 8.14. The number of hydrogen-bond donors (Lipinski definition) is 2. The summed E-state index contributed by atoms with van der Waals surface area (Å²) in [4.78, 5) is 31.7. The number of nitrogens with zero attached hydrogens (tertiary/aromatic N) is 3. The van der Waals surface area contributed by atoms with Crippen LogP contribution in [-0.2, 0) is 4.79 Å². The van der Waals surface area contributed by atoms with E-state index >= 15 is 0 Å². The number of aromatic nitrogens is 2. The SMILES string of the molecule is C/C(CC(=O)Nc1c(C)cc(C)cc1C)=N/NC(=O)c1cnccn1. The summed E-state index contributed by atoms with van der Waals surface area (Å²) in [6.07, 6.45) is 4.32. The van der Waals surface area contributed by atoms with E-state index in [9.17, 15) is 9.59 Å². The molecule has 1 aromatic heterocycles. The lowest BCUT2D eigenvalue weighted by Crippen LogP contribution is -2.22. The molecule has 0 aliphatic rings. The molecular formula is C18H21N5O2. The minimum Gasteiger partial charge on any atom is -0.325 e. The number of benzene rings is 1. The van der Waals surface area contributed by atoms with Crippen LogP contribution < -0.4 is 10.7 Å². The van der Waals surface area contributed by atoms with Crippen molar-refractivity contribution in [2.45, 2.75) is 34.1 Å². The molecule has 0 saturated carbocycles. The third-order valence-corrected chi connectivity index (χ3v) is 3.50. The van der Waals surface area contributed by atoms with Crippen LogP contribution >= 0.6 is 0 Å². The number of rotatable bonds is 5. The lowest BCUT2D eigenvalue weighted by molar-refractivity contribution is -0.115. The van der Waals surface area contributed by atoms with Gasteiger partial charge in [0, 0.05) is 23.8 Å².